The monoisotopic (exact) mass is 291 g/mol. The van der Waals surface area contributed by atoms with Crippen molar-refractivity contribution in [3.8, 4) is 5.75 Å². The number of nitrogens with zero attached hydrogens (tertiary/aromatic N) is 1. The minimum atomic E-state index is -0.601. The molecule has 21 heavy (non-hydrogen) atoms. The predicted molar refractivity (Wildman–Crippen MR) is 78.0 cm³/mol. The van der Waals surface area contributed by atoms with Crippen LogP contribution in [0.25, 0.3) is 0 Å². The first-order chi connectivity index (χ1) is 10.1. The van der Waals surface area contributed by atoms with Crippen molar-refractivity contribution in [2.24, 2.45) is 0 Å². The minimum Gasteiger partial charge on any atom is -0.508 e. The molecule has 1 aliphatic carbocycles. The van der Waals surface area contributed by atoms with E-state index in [2.05, 4.69) is 0 Å². The van der Waals surface area contributed by atoms with E-state index in [1.807, 2.05) is 0 Å². The van der Waals surface area contributed by atoms with Crippen molar-refractivity contribution in [1.29, 1.82) is 0 Å². The number of likely N-dealkylation sites (N-methyl/N-ethyl adjacent to an activating group) is 1. The van der Waals surface area contributed by atoms with Gasteiger partial charge in [-0.2, -0.15) is 0 Å². The summed E-state index contributed by atoms with van der Waals surface area (Å²) in [5, 5.41) is 9.31. The average Bonchev–Trinajstić information content (AvgIpc) is 2.52. The molecule has 1 amide bonds. The number of phenolic OH excluding ortho intramolecular Hbond substituents is 1. The van der Waals surface area contributed by atoms with E-state index in [9.17, 15) is 14.7 Å². The van der Waals surface area contributed by atoms with E-state index in [4.69, 9.17) is 4.74 Å². The van der Waals surface area contributed by atoms with Gasteiger partial charge in [0.05, 0.1) is 5.56 Å². The Morgan fingerprint density at radius 2 is 2.00 bits per heavy atom. The number of amides is 1. The van der Waals surface area contributed by atoms with Gasteiger partial charge in [-0.15, -0.1) is 0 Å². The molecule has 114 valence electrons. The summed E-state index contributed by atoms with van der Waals surface area (Å²) in [6, 6.07) is 6.14. The summed E-state index contributed by atoms with van der Waals surface area (Å²) in [6.07, 6.45) is 5.55. The smallest absolute Gasteiger partial charge is 0.338 e. The first-order valence-electron chi connectivity index (χ1n) is 7.30. The fourth-order valence-corrected chi connectivity index (χ4v) is 2.62. The van der Waals surface area contributed by atoms with Gasteiger partial charge in [0, 0.05) is 13.1 Å². The lowest BCUT2D eigenvalue weighted by Crippen LogP contribution is -2.40. The Bertz CT molecular complexity index is 509. The summed E-state index contributed by atoms with van der Waals surface area (Å²) in [5.41, 5.74) is 0.239. The molecule has 0 aliphatic heterocycles. The first kappa shape index (κ1) is 15.4. The molecule has 0 bridgehead atoms. The van der Waals surface area contributed by atoms with E-state index in [1.165, 1.54) is 24.6 Å². The molecule has 1 aromatic rings. The molecule has 5 heteroatoms. The minimum absolute atomic E-state index is 0.00454. The van der Waals surface area contributed by atoms with Crippen LogP contribution < -0.4 is 0 Å². The molecule has 2 rings (SSSR count). The number of carbonyl (C=O) groups excluding carboxylic acids is 2. The molecule has 0 saturated heterocycles. The van der Waals surface area contributed by atoms with Gasteiger partial charge < -0.3 is 14.7 Å². The highest BCUT2D eigenvalue weighted by atomic mass is 16.5. The van der Waals surface area contributed by atoms with Crippen molar-refractivity contribution in [2.75, 3.05) is 13.7 Å². The fraction of sp³-hybridized carbons (Fsp3) is 0.500. The lowest BCUT2D eigenvalue weighted by molar-refractivity contribution is -0.135. The van der Waals surface area contributed by atoms with Gasteiger partial charge in [-0.25, -0.2) is 4.79 Å². The zero-order valence-corrected chi connectivity index (χ0v) is 12.2. The van der Waals surface area contributed by atoms with Crippen molar-refractivity contribution in [3.05, 3.63) is 29.8 Å². The fourth-order valence-electron chi connectivity index (χ4n) is 2.62. The summed E-state index contributed by atoms with van der Waals surface area (Å²) >= 11 is 0. The van der Waals surface area contributed by atoms with E-state index in [0.717, 1.165) is 25.7 Å². The molecule has 0 unspecified atom stereocenters. The summed E-state index contributed by atoms with van der Waals surface area (Å²) in [6.45, 7) is -0.262. The van der Waals surface area contributed by atoms with E-state index in [-0.39, 0.29) is 29.9 Å². The number of ether oxygens (including phenoxy) is 1. The molecule has 0 aromatic heterocycles. The molecule has 1 aliphatic rings. The second-order valence-corrected chi connectivity index (χ2v) is 5.42. The van der Waals surface area contributed by atoms with Crippen LogP contribution in [0, 0.1) is 0 Å². The Morgan fingerprint density at radius 1 is 1.29 bits per heavy atom. The average molecular weight is 291 g/mol. The van der Waals surface area contributed by atoms with Crippen LogP contribution in [0.5, 0.6) is 5.75 Å². The Balaban J connectivity index is 1.84. The quantitative estimate of drug-likeness (QED) is 0.865. The first-order valence-corrected chi connectivity index (χ1v) is 7.30. The van der Waals surface area contributed by atoms with Crippen LogP contribution in [0.15, 0.2) is 24.3 Å². The third-order valence-corrected chi connectivity index (χ3v) is 3.92. The second-order valence-electron chi connectivity index (χ2n) is 5.42. The predicted octanol–water partition coefficient (Wildman–Crippen LogP) is 2.34. The van der Waals surface area contributed by atoms with E-state index in [1.54, 1.807) is 18.0 Å². The summed E-state index contributed by atoms with van der Waals surface area (Å²) in [4.78, 5) is 25.5. The molecule has 1 saturated carbocycles. The van der Waals surface area contributed by atoms with E-state index >= 15 is 0 Å². The summed E-state index contributed by atoms with van der Waals surface area (Å²) < 4.78 is 5.02. The molecule has 0 atom stereocenters. The standard InChI is InChI=1S/C16H21NO4/c1-17(13-7-3-2-4-8-13)15(19)11-21-16(20)12-6-5-9-14(18)10-12/h5-6,9-10,13,18H,2-4,7-8,11H2,1H3. The second kappa shape index (κ2) is 7.11. The molecular weight excluding hydrogens is 270 g/mol. The van der Waals surface area contributed by atoms with Gasteiger partial charge in [-0.1, -0.05) is 25.3 Å². The normalized spacial score (nSPS) is 15.5. The van der Waals surface area contributed by atoms with Crippen LogP contribution in [0.2, 0.25) is 0 Å². The number of hydrogen-bond donors (Lipinski definition) is 1. The van der Waals surface area contributed by atoms with Gasteiger partial charge in [-0.3, -0.25) is 4.79 Å². The van der Waals surface area contributed by atoms with Crippen LogP contribution in [-0.2, 0) is 9.53 Å². The van der Waals surface area contributed by atoms with Crippen LogP contribution >= 0.6 is 0 Å². The number of phenols is 1. The van der Waals surface area contributed by atoms with Gasteiger partial charge in [0.2, 0.25) is 0 Å². The Hall–Kier alpha value is -2.04. The van der Waals surface area contributed by atoms with Crippen LogP contribution in [0.1, 0.15) is 42.5 Å². The highest BCUT2D eigenvalue weighted by Crippen LogP contribution is 2.21. The van der Waals surface area contributed by atoms with Crippen molar-refractivity contribution in [2.45, 2.75) is 38.1 Å². The molecule has 1 aromatic carbocycles. The van der Waals surface area contributed by atoms with Gasteiger partial charge in [0.1, 0.15) is 5.75 Å². The number of carbonyl (C=O) groups is 2. The number of benzene rings is 1. The molecule has 5 nitrogen and oxygen atoms in total. The third kappa shape index (κ3) is 4.21. The van der Waals surface area contributed by atoms with Crippen molar-refractivity contribution in [3.63, 3.8) is 0 Å². The maximum atomic E-state index is 12.0. The van der Waals surface area contributed by atoms with Crippen LogP contribution in [0.4, 0.5) is 0 Å². The Labute approximate surface area is 124 Å². The number of hydrogen-bond acceptors (Lipinski definition) is 4. The number of esters is 1. The molecule has 0 radical (unpaired) electrons. The zero-order chi connectivity index (χ0) is 15.2. The Morgan fingerprint density at radius 3 is 2.67 bits per heavy atom. The molecule has 0 spiro atoms. The number of aromatic hydroxyl groups is 1. The van der Waals surface area contributed by atoms with Gasteiger partial charge >= 0.3 is 5.97 Å². The van der Waals surface area contributed by atoms with Gasteiger partial charge in [0.25, 0.3) is 5.91 Å². The van der Waals surface area contributed by atoms with Crippen LogP contribution in [-0.4, -0.2) is 41.6 Å². The third-order valence-electron chi connectivity index (χ3n) is 3.92. The number of rotatable bonds is 4. The van der Waals surface area contributed by atoms with Gasteiger partial charge in [0.15, 0.2) is 6.61 Å². The summed E-state index contributed by atoms with van der Waals surface area (Å²) in [7, 11) is 1.76. The summed E-state index contributed by atoms with van der Waals surface area (Å²) in [5.74, 6) is -0.790. The Kier molecular flexibility index (Phi) is 5.20. The molecule has 1 fully saturated rings. The largest absolute Gasteiger partial charge is 0.508 e. The van der Waals surface area contributed by atoms with Gasteiger partial charge in [-0.05, 0) is 31.0 Å². The lowest BCUT2D eigenvalue weighted by Gasteiger charge is -2.31. The maximum absolute atomic E-state index is 12.0. The van der Waals surface area contributed by atoms with E-state index in [0.29, 0.717) is 0 Å². The topological polar surface area (TPSA) is 66.8 Å². The molecule has 1 N–H and O–H groups in total. The van der Waals surface area contributed by atoms with Crippen molar-refractivity contribution in [1.82, 2.24) is 4.90 Å². The van der Waals surface area contributed by atoms with Crippen LogP contribution in [0.3, 0.4) is 0 Å². The lowest BCUT2D eigenvalue weighted by atomic mass is 9.94. The highest BCUT2D eigenvalue weighted by Gasteiger charge is 2.22. The van der Waals surface area contributed by atoms with E-state index < -0.39 is 5.97 Å². The zero-order valence-electron chi connectivity index (χ0n) is 12.2. The molecule has 0 heterocycles. The van der Waals surface area contributed by atoms with Crippen molar-refractivity contribution < 1.29 is 19.4 Å². The SMILES string of the molecule is CN(C(=O)COC(=O)c1cccc(O)c1)C1CCCCC1. The molecular formula is C16H21NO4. The highest BCUT2D eigenvalue weighted by molar-refractivity contribution is 5.91. The maximum Gasteiger partial charge on any atom is 0.338 e. The van der Waals surface area contributed by atoms with Crippen molar-refractivity contribution >= 4 is 11.9 Å².